The molecule has 41 heavy (non-hydrogen) atoms. The molecular formula is C28H33F5N4O3S. The maximum absolute atomic E-state index is 14.6. The van der Waals surface area contributed by atoms with Crippen molar-refractivity contribution in [3.8, 4) is 0 Å². The van der Waals surface area contributed by atoms with Gasteiger partial charge in [0.25, 0.3) is 17.4 Å². The molecule has 0 radical (unpaired) electrons. The predicted octanol–water partition coefficient (Wildman–Crippen LogP) is 3.34. The molecule has 5 rings (SSSR count). The zero-order valence-electron chi connectivity index (χ0n) is 22.7. The lowest BCUT2D eigenvalue weighted by molar-refractivity contribution is -0.267. The van der Waals surface area contributed by atoms with E-state index in [9.17, 15) is 36.6 Å². The van der Waals surface area contributed by atoms with Crippen LogP contribution in [0.1, 0.15) is 28.8 Å². The minimum Gasteiger partial charge on any atom is -0.369 e. The first-order valence-corrected chi connectivity index (χ1v) is 13.1. The average molecular weight is 601 g/mol. The van der Waals surface area contributed by atoms with Crippen molar-refractivity contribution in [2.75, 3.05) is 58.3 Å². The highest BCUT2D eigenvalue weighted by Crippen LogP contribution is 2.52. The fraction of sp³-hybridized carbons (Fsp3) is 0.500. The molecule has 0 bridgehead atoms. The summed E-state index contributed by atoms with van der Waals surface area (Å²) in [5.74, 6) is -3.92. The molecule has 2 heterocycles. The van der Waals surface area contributed by atoms with Gasteiger partial charge in [-0.05, 0) is 25.0 Å². The van der Waals surface area contributed by atoms with Crippen molar-refractivity contribution in [3.63, 3.8) is 0 Å². The quantitative estimate of drug-likeness (QED) is 0.534. The summed E-state index contributed by atoms with van der Waals surface area (Å²) in [5.41, 5.74) is -4.58. The Morgan fingerprint density at radius 2 is 1.49 bits per heavy atom. The molecule has 1 spiro atoms. The number of likely N-dealkylation sites (tertiary alicyclic amines) is 1. The minimum atomic E-state index is -5.16. The average Bonchev–Trinajstić information content (AvgIpc) is 2.86. The van der Waals surface area contributed by atoms with E-state index in [2.05, 4.69) is 4.90 Å². The molecule has 2 amide bonds. The highest BCUT2D eigenvalue weighted by Gasteiger charge is 2.65. The second kappa shape index (κ2) is 11.1. The first-order valence-electron chi connectivity index (χ1n) is 13.1. The summed E-state index contributed by atoms with van der Waals surface area (Å²) >= 11 is 0. The van der Waals surface area contributed by atoms with Crippen LogP contribution in [-0.2, 0) is 10.4 Å². The van der Waals surface area contributed by atoms with Gasteiger partial charge in [-0.2, -0.15) is 26.7 Å². The SMILES string of the molecule is CN(C)C(=O)c1c(F)cc(N2CCN(C3CC4(C3)CN(C(=O)[C@@](O)(c3ccccc3)C(F)(F)F)C4)CC2)cc1F.S. The smallest absolute Gasteiger partial charge is 0.369 e. The van der Waals surface area contributed by atoms with Gasteiger partial charge >= 0.3 is 6.18 Å². The summed E-state index contributed by atoms with van der Waals surface area (Å²) < 4.78 is 70.8. The number of carbonyl (C=O) groups is 2. The van der Waals surface area contributed by atoms with Crippen LogP contribution in [0.4, 0.5) is 27.6 Å². The van der Waals surface area contributed by atoms with Crippen LogP contribution < -0.4 is 4.90 Å². The Hall–Kier alpha value is -2.90. The fourth-order valence-electron chi connectivity index (χ4n) is 6.20. The number of amides is 2. The van der Waals surface area contributed by atoms with E-state index in [1.165, 1.54) is 44.4 Å². The molecule has 2 aromatic rings. The molecule has 7 nitrogen and oxygen atoms in total. The third kappa shape index (κ3) is 5.39. The Morgan fingerprint density at radius 1 is 0.951 bits per heavy atom. The number of benzene rings is 2. The van der Waals surface area contributed by atoms with E-state index in [0.717, 1.165) is 34.8 Å². The van der Waals surface area contributed by atoms with E-state index in [1.807, 2.05) is 4.90 Å². The van der Waals surface area contributed by atoms with Crippen LogP contribution in [0.5, 0.6) is 0 Å². The molecular weight excluding hydrogens is 567 g/mol. The summed E-state index contributed by atoms with van der Waals surface area (Å²) in [4.78, 5) is 31.3. The van der Waals surface area contributed by atoms with Gasteiger partial charge in [-0.25, -0.2) is 8.78 Å². The van der Waals surface area contributed by atoms with Gasteiger partial charge in [0, 0.05) is 76.1 Å². The van der Waals surface area contributed by atoms with Crippen molar-refractivity contribution in [3.05, 3.63) is 65.2 Å². The normalized spacial score (nSPS) is 20.5. The maximum Gasteiger partial charge on any atom is 0.430 e. The van der Waals surface area contributed by atoms with Crippen molar-refractivity contribution in [2.24, 2.45) is 5.41 Å². The van der Waals surface area contributed by atoms with Crippen LogP contribution in [-0.4, -0.2) is 97.2 Å². The van der Waals surface area contributed by atoms with Gasteiger partial charge in [-0.1, -0.05) is 30.3 Å². The second-order valence-corrected chi connectivity index (χ2v) is 11.3. The molecule has 1 saturated carbocycles. The van der Waals surface area contributed by atoms with Crippen molar-refractivity contribution in [1.29, 1.82) is 0 Å². The highest BCUT2D eigenvalue weighted by molar-refractivity contribution is 7.59. The second-order valence-electron chi connectivity index (χ2n) is 11.3. The number of rotatable bonds is 5. The van der Waals surface area contributed by atoms with Gasteiger partial charge in [-0.3, -0.25) is 14.5 Å². The Morgan fingerprint density at radius 3 is 1.98 bits per heavy atom. The lowest BCUT2D eigenvalue weighted by Gasteiger charge is -2.62. The summed E-state index contributed by atoms with van der Waals surface area (Å²) in [7, 11) is 2.84. The van der Waals surface area contributed by atoms with E-state index < -0.39 is 46.4 Å². The Kier molecular flexibility index (Phi) is 8.38. The van der Waals surface area contributed by atoms with Gasteiger partial charge in [0.15, 0.2) is 0 Å². The molecule has 1 atom stereocenters. The Balaban J connectivity index is 0.00000387. The molecule has 3 aliphatic rings. The molecule has 1 aliphatic carbocycles. The maximum atomic E-state index is 14.6. The van der Waals surface area contributed by atoms with Gasteiger partial charge < -0.3 is 19.8 Å². The van der Waals surface area contributed by atoms with Gasteiger partial charge in [0.2, 0.25) is 0 Å². The number of anilines is 1. The number of aliphatic hydroxyl groups is 1. The predicted molar refractivity (Wildman–Crippen MR) is 147 cm³/mol. The molecule has 2 aliphatic heterocycles. The van der Waals surface area contributed by atoms with Gasteiger partial charge in [0.05, 0.1) is 0 Å². The molecule has 13 heteroatoms. The number of nitrogens with zero attached hydrogens (tertiary/aromatic N) is 4. The molecule has 3 fully saturated rings. The summed E-state index contributed by atoms with van der Waals surface area (Å²) in [5, 5.41) is 10.6. The fourth-order valence-corrected chi connectivity index (χ4v) is 6.20. The standard InChI is InChI=1S/C28H31F5N4O3.H2S/c1-34(2)24(38)23-21(29)12-19(13-22(23)30)35-8-10-36(11-9-35)20-14-26(15-20)16-37(17-26)25(39)27(40,28(31,32)33)18-6-4-3-5-7-18;/h3-7,12-13,20,40H,8-11,14-17H2,1-2H3;1H2/t27-;/m0./s1. The zero-order chi connectivity index (χ0) is 29.0. The number of carbonyl (C=O) groups excluding carboxylic acids is 2. The summed E-state index contributed by atoms with van der Waals surface area (Å²) in [6.45, 7) is 2.61. The monoisotopic (exact) mass is 600 g/mol. The Bertz CT molecular complexity index is 1270. The van der Waals surface area contributed by atoms with E-state index in [4.69, 9.17) is 0 Å². The molecule has 2 saturated heterocycles. The molecule has 2 aromatic carbocycles. The first-order chi connectivity index (χ1) is 18.8. The van der Waals surface area contributed by atoms with E-state index in [1.54, 1.807) is 0 Å². The number of piperazine rings is 1. The highest BCUT2D eigenvalue weighted by atomic mass is 32.1. The minimum absolute atomic E-state index is 0. The zero-order valence-corrected chi connectivity index (χ0v) is 23.7. The van der Waals surface area contributed by atoms with Crippen molar-refractivity contribution >= 4 is 31.0 Å². The summed E-state index contributed by atoms with van der Waals surface area (Å²) in [6.07, 6.45) is -3.72. The lowest BCUT2D eigenvalue weighted by Crippen LogP contribution is -2.71. The van der Waals surface area contributed by atoms with Crippen LogP contribution in [0, 0.1) is 17.0 Å². The van der Waals surface area contributed by atoms with Crippen LogP contribution in [0.2, 0.25) is 0 Å². The molecule has 0 unspecified atom stereocenters. The molecule has 0 aromatic heterocycles. The van der Waals surface area contributed by atoms with Crippen molar-refractivity contribution in [2.45, 2.75) is 30.7 Å². The lowest BCUT2D eigenvalue weighted by atomic mass is 9.59. The van der Waals surface area contributed by atoms with Gasteiger partial charge in [-0.15, -0.1) is 0 Å². The third-order valence-corrected chi connectivity index (χ3v) is 8.43. The van der Waals surface area contributed by atoms with E-state index in [0.29, 0.717) is 31.9 Å². The first kappa shape index (κ1) is 31.0. The Labute approximate surface area is 241 Å². The summed E-state index contributed by atoms with van der Waals surface area (Å²) in [6, 6.07) is 8.95. The van der Waals surface area contributed by atoms with E-state index >= 15 is 0 Å². The number of hydrogen-bond acceptors (Lipinski definition) is 5. The van der Waals surface area contributed by atoms with Crippen LogP contribution in [0.25, 0.3) is 0 Å². The van der Waals surface area contributed by atoms with Crippen LogP contribution >= 0.6 is 13.5 Å². The topological polar surface area (TPSA) is 67.3 Å². The largest absolute Gasteiger partial charge is 0.430 e. The molecule has 1 N–H and O–H groups in total. The number of alkyl halides is 3. The van der Waals surface area contributed by atoms with Crippen molar-refractivity contribution < 1.29 is 36.6 Å². The van der Waals surface area contributed by atoms with Crippen molar-refractivity contribution in [1.82, 2.24) is 14.7 Å². The molecule has 224 valence electrons. The number of hydrogen-bond donors (Lipinski definition) is 1. The van der Waals surface area contributed by atoms with Gasteiger partial charge in [0.1, 0.15) is 17.2 Å². The third-order valence-electron chi connectivity index (χ3n) is 8.43. The van der Waals surface area contributed by atoms with Crippen LogP contribution in [0.15, 0.2) is 42.5 Å². The van der Waals surface area contributed by atoms with Crippen LogP contribution in [0.3, 0.4) is 0 Å². The number of halogens is 5. The van der Waals surface area contributed by atoms with E-state index in [-0.39, 0.29) is 38.0 Å².